The predicted octanol–water partition coefficient (Wildman–Crippen LogP) is 5.05. The van der Waals surface area contributed by atoms with E-state index < -0.39 is 0 Å². The number of aryl methyl sites for hydroxylation is 3. The lowest BCUT2D eigenvalue weighted by molar-refractivity contribution is 1.12. The van der Waals surface area contributed by atoms with E-state index in [2.05, 4.69) is 51.1 Å². The van der Waals surface area contributed by atoms with E-state index in [1.165, 1.54) is 27.5 Å². The molecule has 0 aliphatic carbocycles. The van der Waals surface area contributed by atoms with Crippen LogP contribution in [0.1, 0.15) is 37.5 Å². The largest absolute Gasteiger partial charge is 0.0683 e. The highest BCUT2D eigenvalue weighted by atomic mass is 14.1. The highest BCUT2D eigenvalue weighted by molar-refractivity contribution is 5.89. The molecule has 0 saturated carbocycles. The lowest BCUT2D eigenvalue weighted by Gasteiger charge is -2.09. The maximum absolute atomic E-state index is 2.25. The van der Waals surface area contributed by atoms with Crippen LogP contribution in [0.15, 0.2) is 30.3 Å². The molecule has 0 radical (unpaired) electrons. The molecule has 0 heterocycles. The van der Waals surface area contributed by atoms with Crippen LogP contribution in [0.4, 0.5) is 0 Å². The van der Waals surface area contributed by atoms with Crippen LogP contribution in [-0.4, -0.2) is 0 Å². The maximum atomic E-state index is 2.25. The maximum Gasteiger partial charge on any atom is -0.0123 e. The van der Waals surface area contributed by atoms with Crippen molar-refractivity contribution in [3.63, 3.8) is 0 Å². The van der Waals surface area contributed by atoms with Gasteiger partial charge in [0.25, 0.3) is 0 Å². The molecule has 0 spiro atoms. The zero-order valence-electron chi connectivity index (χ0n) is 11.1. The summed E-state index contributed by atoms with van der Waals surface area (Å²) in [5.41, 5.74) is 4.30. The number of hydrogen-bond acceptors (Lipinski definition) is 0. The first-order valence-electron chi connectivity index (χ1n) is 6.22. The van der Waals surface area contributed by atoms with Crippen molar-refractivity contribution in [3.8, 4) is 0 Å². The quantitative estimate of drug-likeness (QED) is 0.623. The van der Waals surface area contributed by atoms with Crippen LogP contribution >= 0.6 is 0 Å². The molecular formula is C16H22. The van der Waals surface area contributed by atoms with E-state index in [1.54, 1.807) is 0 Å². The van der Waals surface area contributed by atoms with Gasteiger partial charge in [0.1, 0.15) is 0 Å². The van der Waals surface area contributed by atoms with Crippen molar-refractivity contribution in [2.45, 2.75) is 41.0 Å². The number of fused-ring (bicyclic) bond motifs is 1. The van der Waals surface area contributed by atoms with Crippen LogP contribution in [-0.2, 0) is 6.42 Å². The van der Waals surface area contributed by atoms with Gasteiger partial charge >= 0.3 is 0 Å². The van der Waals surface area contributed by atoms with E-state index in [0.717, 1.165) is 6.42 Å². The Morgan fingerprint density at radius 2 is 1.62 bits per heavy atom. The Morgan fingerprint density at radius 3 is 2.25 bits per heavy atom. The topological polar surface area (TPSA) is 0 Å². The summed E-state index contributed by atoms with van der Waals surface area (Å²) in [6.45, 7) is 10.6. The summed E-state index contributed by atoms with van der Waals surface area (Å²) in [5, 5.41) is 2.80. The van der Waals surface area contributed by atoms with Gasteiger partial charge in [-0.15, -0.1) is 0 Å². The van der Waals surface area contributed by atoms with Gasteiger partial charge in [-0.05, 0) is 47.7 Å². The third-order valence-electron chi connectivity index (χ3n) is 3.01. The summed E-state index contributed by atoms with van der Waals surface area (Å²) in [5.74, 6) is 0. The van der Waals surface area contributed by atoms with Gasteiger partial charge < -0.3 is 0 Å². The average molecular weight is 214 g/mol. The Morgan fingerprint density at radius 1 is 0.938 bits per heavy atom. The van der Waals surface area contributed by atoms with E-state index in [0.29, 0.717) is 0 Å². The molecular weight excluding hydrogens is 192 g/mol. The first kappa shape index (κ1) is 12.8. The molecule has 0 aliphatic rings. The second kappa shape index (κ2) is 5.69. The summed E-state index contributed by atoms with van der Waals surface area (Å²) in [6, 6.07) is 11.0. The smallest absolute Gasteiger partial charge is 0.0123 e. The minimum Gasteiger partial charge on any atom is -0.0683 e. The SMILES string of the molecule is CC.CCc1ccc2cccc(C)c2c1C. The van der Waals surface area contributed by atoms with Gasteiger partial charge in [-0.25, -0.2) is 0 Å². The third kappa shape index (κ3) is 2.27. The molecule has 0 bridgehead atoms. The number of rotatable bonds is 1. The Labute approximate surface area is 99.3 Å². The number of hydrogen-bond donors (Lipinski definition) is 0. The van der Waals surface area contributed by atoms with Crippen LogP contribution in [0.3, 0.4) is 0 Å². The van der Waals surface area contributed by atoms with E-state index in [1.807, 2.05) is 13.8 Å². The molecule has 2 rings (SSSR count). The molecule has 0 aliphatic heterocycles. The minimum atomic E-state index is 1.12. The van der Waals surface area contributed by atoms with Crippen molar-refractivity contribution in [1.29, 1.82) is 0 Å². The van der Waals surface area contributed by atoms with Gasteiger partial charge in [-0.2, -0.15) is 0 Å². The van der Waals surface area contributed by atoms with Crippen LogP contribution in [0, 0.1) is 13.8 Å². The van der Waals surface area contributed by atoms with Gasteiger partial charge in [0.15, 0.2) is 0 Å². The first-order valence-corrected chi connectivity index (χ1v) is 6.22. The molecule has 0 heteroatoms. The van der Waals surface area contributed by atoms with Gasteiger partial charge in [0.2, 0.25) is 0 Å². The van der Waals surface area contributed by atoms with Gasteiger partial charge in [-0.3, -0.25) is 0 Å². The Hall–Kier alpha value is -1.30. The van der Waals surface area contributed by atoms with Crippen molar-refractivity contribution in [1.82, 2.24) is 0 Å². The van der Waals surface area contributed by atoms with Crippen molar-refractivity contribution < 1.29 is 0 Å². The van der Waals surface area contributed by atoms with Crippen molar-refractivity contribution in [2.24, 2.45) is 0 Å². The van der Waals surface area contributed by atoms with E-state index in [-0.39, 0.29) is 0 Å². The second-order valence-corrected chi connectivity index (χ2v) is 3.88. The van der Waals surface area contributed by atoms with Crippen molar-refractivity contribution in [2.75, 3.05) is 0 Å². The van der Waals surface area contributed by atoms with E-state index in [4.69, 9.17) is 0 Å². The summed E-state index contributed by atoms with van der Waals surface area (Å²) in [6.07, 6.45) is 1.12. The molecule has 0 amide bonds. The highest BCUT2D eigenvalue weighted by Crippen LogP contribution is 2.25. The second-order valence-electron chi connectivity index (χ2n) is 3.88. The van der Waals surface area contributed by atoms with Gasteiger partial charge in [0.05, 0.1) is 0 Å². The third-order valence-corrected chi connectivity index (χ3v) is 3.01. The predicted molar refractivity (Wildman–Crippen MR) is 74.1 cm³/mol. The molecule has 0 nitrogen and oxygen atoms in total. The minimum absolute atomic E-state index is 1.12. The fourth-order valence-corrected chi connectivity index (χ4v) is 2.20. The monoisotopic (exact) mass is 214 g/mol. The van der Waals surface area contributed by atoms with E-state index >= 15 is 0 Å². The van der Waals surface area contributed by atoms with Crippen molar-refractivity contribution >= 4 is 10.8 Å². The van der Waals surface area contributed by atoms with Crippen LogP contribution in [0.25, 0.3) is 10.8 Å². The lowest BCUT2D eigenvalue weighted by Crippen LogP contribution is -1.89. The molecule has 0 fully saturated rings. The summed E-state index contributed by atoms with van der Waals surface area (Å²) in [7, 11) is 0. The molecule has 2 aromatic carbocycles. The molecule has 0 atom stereocenters. The molecule has 86 valence electrons. The Balaban J connectivity index is 0.000000606. The fourth-order valence-electron chi connectivity index (χ4n) is 2.20. The van der Waals surface area contributed by atoms with Crippen LogP contribution < -0.4 is 0 Å². The Kier molecular flexibility index (Phi) is 4.54. The summed E-state index contributed by atoms with van der Waals surface area (Å²) >= 11 is 0. The van der Waals surface area contributed by atoms with Crippen molar-refractivity contribution in [3.05, 3.63) is 47.0 Å². The zero-order valence-corrected chi connectivity index (χ0v) is 11.1. The average Bonchev–Trinajstić information content (AvgIpc) is 2.32. The first-order chi connectivity index (χ1) is 7.74. The van der Waals surface area contributed by atoms with Crippen LogP contribution in [0.2, 0.25) is 0 Å². The standard InChI is InChI=1S/C14H16.C2H6/c1-4-12-8-9-13-7-5-6-10(2)14(13)11(12)3;1-2/h5-9H,4H2,1-3H3;1-2H3. The highest BCUT2D eigenvalue weighted by Gasteiger charge is 2.03. The number of benzene rings is 2. The summed E-state index contributed by atoms with van der Waals surface area (Å²) in [4.78, 5) is 0. The van der Waals surface area contributed by atoms with Gasteiger partial charge in [0, 0.05) is 0 Å². The molecule has 0 saturated heterocycles. The molecule has 0 N–H and O–H groups in total. The molecule has 0 unspecified atom stereocenters. The summed E-state index contributed by atoms with van der Waals surface area (Å²) < 4.78 is 0. The molecule has 2 aromatic rings. The lowest BCUT2D eigenvalue weighted by atomic mass is 9.96. The molecule has 16 heavy (non-hydrogen) atoms. The Bertz CT molecular complexity index is 467. The van der Waals surface area contributed by atoms with Crippen LogP contribution in [0.5, 0.6) is 0 Å². The normalized spacial score (nSPS) is 9.81. The van der Waals surface area contributed by atoms with E-state index in [9.17, 15) is 0 Å². The fraction of sp³-hybridized carbons (Fsp3) is 0.375. The van der Waals surface area contributed by atoms with Gasteiger partial charge in [-0.1, -0.05) is 51.1 Å². The zero-order chi connectivity index (χ0) is 12.1. The molecule has 0 aromatic heterocycles.